The molecule has 0 radical (unpaired) electrons. The summed E-state index contributed by atoms with van der Waals surface area (Å²) in [6.45, 7) is 11.7. The van der Waals surface area contributed by atoms with Crippen LogP contribution in [-0.2, 0) is 39.8 Å². The summed E-state index contributed by atoms with van der Waals surface area (Å²) in [6, 6.07) is 22.5. The van der Waals surface area contributed by atoms with Gasteiger partial charge in [0.15, 0.2) is 35.4 Å². The van der Waals surface area contributed by atoms with Crippen LogP contribution in [0.2, 0.25) is 5.02 Å². The first-order valence-electron chi connectivity index (χ1n) is 29.5. The molecule has 3 amide bonds. The number of rotatable bonds is 30. The first-order chi connectivity index (χ1) is 42.2. The fourth-order valence-electron chi connectivity index (χ4n) is 11.1. The molecule has 2 aliphatic rings. The number of nitrogens with zero attached hydrogens (tertiary/aromatic N) is 5. The number of piperidine rings is 1. The molecular formula is C65H80ClN7O13S. The lowest BCUT2D eigenvalue weighted by Gasteiger charge is -2.37. The van der Waals surface area contributed by atoms with Gasteiger partial charge < -0.3 is 58.2 Å². The molecule has 2 aromatic heterocycles. The van der Waals surface area contributed by atoms with E-state index in [0.29, 0.717) is 95.1 Å². The summed E-state index contributed by atoms with van der Waals surface area (Å²) < 4.78 is 53.8. The molecule has 0 saturated carbocycles. The number of aryl methyl sites for hydroxylation is 3. The Morgan fingerprint density at radius 2 is 1.45 bits per heavy atom. The van der Waals surface area contributed by atoms with E-state index < -0.39 is 36.0 Å². The number of hydrogen-bond donors (Lipinski definition) is 2. The number of thiophene rings is 1. The lowest BCUT2D eigenvalue weighted by atomic mass is 9.91. The van der Waals surface area contributed by atoms with E-state index in [1.807, 2.05) is 73.9 Å². The third kappa shape index (κ3) is 15.7. The van der Waals surface area contributed by atoms with E-state index in [2.05, 4.69) is 34.7 Å². The van der Waals surface area contributed by atoms with Crippen molar-refractivity contribution in [1.29, 1.82) is 0 Å². The Bertz CT molecular complexity index is 3340. The summed E-state index contributed by atoms with van der Waals surface area (Å²) in [6.07, 6.45) is 3.00. The molecule has 0 spiro atoms. The number of halogens is 1. The van der Waals surface area contributed by atoms with Gasteiger partial charge in [0.05, 0.1) is 79.5 Å². The van der Waals surface area contributed by atoms with Crippen molar-refractivity contribution in [3.05, 3.63) is 134 Å². The van der Waals surface area contributed by atoms with Gasteiger partial charge in [0.2, 0.25) is 17.6 Å². The van der Waals surface area contributed by atoms with Crippen LogP contribution in [0, 0.1) is 26.7 Å². The van der Waals surface area contributed by atoms with Crippen molar-refractivity contribution in [2.45, 2.75) is 104 Å². The zero-order valence-corrected chi connectivity index (χ0v) is 52.9. The van der Waals surface area contributed by atoms with E-state index in [9.17, 15) is 19.2 Å². The summed E-state index contributed by atoms with van der Waals surface area (Å²) in [4.78, 5) is 64.2. The molecule has 6 aromatic rings. The molecule has 20 nitrogen and oxygen atoms in total. The Hall–Kier alpha value is -7.72. The number of hydrogen-bond acceptors (Lipinski definition) is 17. The van der Waals surface area contributed by atoms with Gasteiger partial charge in [-0.3, -0.25) is 23.9 Å². The largest absolute Gasteiger partial charge is 0.493 e. The minimum absolute atomic E-state index is 0.166. The Labute approximate surface area is 518 Å². The standard InChI is InChI=1S/C65H80ClN7O13S/c1-11-48(45-36-54(80-8)60(82-10)55(37-45)81-9)63(76)72-29-14-13-18-50(72)65(77)86-51(25-19-42-20-26-52(78-6)53(34-42)79-7)44-16-15-17-47(35-44)85-38-56(74)67-27-30-83-32-33-84-31-28-68-62(75)49(12-2)59-61-71-70-41(5)73(61)64-57(39(3)40(4)87-64)58(69-59)43-21-23-46(66)24-22-43/h15-17,20-24,26,34-37,48-51,59H,11-14,18-19,25,27-33,38H2,1-10H3,(H,67,74)(H,68,75)/t48-,49+,50-,51+,59-/m0/s1. The lowest BCUT2D eigenvalue weighted by molar-refractivity contribution is -0.162. The number of esters is 1. The van der Waals surface area contributed by atoms with Crippen LogP contribution in [0.5, 0.6) is 34.5 Å². The molecule has 2 aliphatic heterocycles. The number of fused-ring (bicyclic) bond motifs is 3. The van der Waals surface area contributed by atoms with Crippen LogP contribution >= 0.6 is 22.9 Å². The average molecular weight is 1230 g/mol. The SMILES string of the molecule is CC[C@H](C(=O)N1CCCC[C@H]1C(=O)O[C@H](CCc1ccc(OC)c(OC)c1)c1cccc(OCC(=O)NCCOCCOCCNC(=O)[C@H](CC)[C@@H]2N=C(c3ccc(Cl)cc3)c3c(sc(C)c3C)-n3c(C)nnc32)c1)c1cc(OC)c(OC)c(OC)c1. The molecule has 4 aromatic carbocycles. The van der Waals surface area contributed by atoms with Crippen LogP contribution in [-0.4, -0.2) is 143 Å². The van der Waals surface area contributed by atoms with Gasteiger partial charge >= 0.3 is 5.97 Å². The monoisotopic (exact) mass is 1230 g/mol. The number of nitrogens with one attached hydrogen (secondary N) is 2. The molecule has 1 saturated heterocycles. The fraction of sp³-hybridized carbons (Fsp3) is 0.462. The van der Waals surface area contributed by atoms with Gasteiger partial charge in [0.25, 0.3) is 5.91 Å². The Kier molecular flexibility index (Phi) is 23.5. The summed E-state index contributed by atoms with van der Waals surface area (Å²) in [7, 11) is 7.73. The first kappa shape index (κ1) is 65.3. The maximum Gasteiger partial charge on any atom is 0.329 e. The normalized spacial score (nSPS) is 15.6. The summed E-state index contributed by atoms with van der Waals surface area (Å²) >= 11 is 7.96. The number of aromatic nitrogens is 3. The van der Waals surface area contributed by atoms with Gasteiger partial charge in [-0.25, -0.2) is 4.79 Å². The third-order valence-corrected chi connectivity index (χ3v) is 17.3. The van der Waals surface area contributed by atoms with Gasteiger partial charge in [0.1, 0.15) is 34.8 Å². The highest BCUT2D eigenvalue weighted by Gasteiger charge is 2.40. The molecule has 0 bridgehead atoms. The first-order valence-corrected chi connectivity index (χ1v) is 30.7. The van der Waals surface area contributed by atoms with Crippen LogP contribution < -0.4 is 39.1 Å². The van der Waals surface area contributed by atoms with Crippen LogP contribution in [0.1, 0.15) is 120 Å². The molecule has 0 unspecified atom stereocenters. The molecule has 0 aliphatic carbocycles. The van der Waals surface area contributed by atoms with E-state index >= 15 is 0 Å². The third-order valence-electron chi connectivity index (χ3n) is 15.8. The highest BCUT2D eigenvalue weighted by atomic mass is 35.5. The second-order valence-electron chi connectivity index (χ2n) is 21.2. The van der Waals surface area contributed by atoms with Crippen molar-refractivity contribution in [1.82, 2.24) is 30.3 Å². The van der Waals surface area contributed by atoms with Crippen LogP contribution in [0.25, 0.3) is 5.00 Å². The lowest BCUT2D eigenvalue weighted by Crippen LogP contribution is -2.50. The van der Waals surface area contributed by atoms with Gasteiger partial charge in [-0.1, -0.05) is 55.8 Å². The number of methoxy groups -OCH3 is 5. The molecule has 8 rings (SSSR count). The second-order valence-corrected chi connectivity index (χ2v) is 22.8. The summed E-state index contributed by atoms with van der Waals surface area (Å²) in [5.41, 5.74) is 6.06. The van der Waals surface area contributed by atoms with Crippen molar-refractivity contribution >= 4 is 52.3 Å². The maximum absolute atomic E-state index is 14.6. The quantitative estimate of drug-likeness (QED) is 0.0316. The maximum atomic E-state index is 14.6. The number of carbonyl (C=O) groups excluding carboxylic acids is 4. The zero-order chi connectivity index (χ0) is 62.1. The summed E-state index contributed by atoms with van der Waals surface area (Å²) in [5.74, 6) is 1.80. The molecule has 22 heteroatoms. The van der Waals surface area contributed by atoms with E-state index in [4.69, 9.17) is 59.2 Å². The highest BCUT2D eigenvalue weighted by molar-refractivity contribution is 7.15. The number of aliphatic imine (C=N–C) groups is 1. The van der Waals surface area contributed by atoms with E-state index in [0.717, 1.165) is 56.5 Å². The smallest absolute Gasteiger partial charge is 0.329 e. The average Bonchev–Trinajstić information content (AvgIpc) is 1.66. The van der Waals surface area contributed by atoms with Crippen LogP contribution in [0.15, 0.2) is 83.9 Å². The molecule has 5 atom stereocenters. The van der Waals surface area contributed by atoms with Crippen molar-refractivity contribution in [3.8, 4) is 39.5 Å². The van der Waals surface area contributed by atoms with Crippen molar-refractivity contribution < 1.29 is 61.8 Å². The molecule has 466 valence electrons. The fourth-order valence-corrected chi connectivity index (χ4v) is 12.4. The van der Waals surface area contributed by atoms with Gasteiger partial charge in [-0.2, -0.15) is 0 Å². The zero-order valence-electron chi connectivity index (χ0n) is 51.3. The second kappa shape index (κ2) is 31.3. The van der Waals surface area contributed by atoms with Gasteiger partial charge in [-0.05, 0) is 137 Å². The van der Waals surface area contributed by atoms with Gasteiger partial charge in [0, 0.05) is 40.7 Å². The minimum Gasteiger partial charge on any atom is -0.493 e. The van der Waals surface area contributed by atoms with Crippen LogP contribution in [0.4, 0.5) is 0 Å². The van der Waals surface area contributed by atoms with Crippen molar-refractivity contribution in [3.63, 3.8) is 0 Å². The topological polar surface area (TPSA) is 222 Å². The van der Waals surface area contributed by atoms with Crippen molar-refractivity contribution in [2.24, 2.45) is 10.9 Å². The minimum atomic E-state index is -0.824. The van der Waals surface area contributed by atoms with E-state index in [-0.39, 0.29) is 63.8 Å². The van der Waals surface area contributed by atoms with Gasteiger partial charge in [-0.15, -0.1) is 21.5 Å². The highest BCUT2D eigenvalue weighted by Crippen LogP contribution is 2.44. The van der Waals surface area contributed by atoms with Crippen molar-refractivity contribution in [2.75, 3.05) is 88.2 Å². The number of amides is 3. The predicted octanol–water partition coefficient (Wildman–Crippen LogP) is 10.0. The number of ether oxygens (including phenoxy) is 9. The number of benzene rings is 4. The Balaban J connectivity index is 0.817. The predicted molar refractivity (Wildman–Crippen MR) is 332 cm³/mol. The Morgan fingerprint density at radius 3 is 2.11 bits per heavy atom. The number of carbonyl (C=O) groups is 4. The number of likely N-dealkylation sites (tertiary alicyclic amines) is 1. The summed E-state index contributed by atoms with van der Waals surface area (Å²) in [5, 5.41) is 16.5. The molecule has 87 heavy (non-hydrogen) atoms. The molecule has 2 N–H and O–H groups in total. The van der Waals surface area contributed by atoms with Crippen LogP contribution in [0.3, 0.4) is 0 Å². The van der Waals surface area contributed by atoms with E-state index in [1.54, 1.807) is 60.8 Å². The molecule has 4 heterocycles. The van der Waals surface area contributed by atoms with E-state index in [1.165, 1.54) is 21.3 Å². The molecule has 1 fully saturated rings. The molecular weight excluding hydrogens is 1150 g/mol. The Morgan fingerprint density at radius 1 is 0.747 bits per heavy atom.